The van der Waals surface area contributed by atoms with E-state index in [0.717, 1.165) is 60.8 Å². The molecule has 1 aliphatic rings. The number of methoxy groups -OCH3 is 1. The summed E-state index contributed by atoms with van der Waals surface area (Å²) < 4.78 is 22.8. The van der Waals surface area contributed by atoms with Crippen LogP contribution in [0.25, 0.3) is 22.5 Å². The molecule has 0 N–H and O–H groups in total. The number of fused-ring (bicyclic) bond motifs is 1. The van der Waals surface area contributed by atoms with Crippen molar-refractivity contribution in [2.75, 3.05) is 38.2 Å². The van der Waals surface area contributed by atoms with Crippen molar-refractivity contribution in [1.29, 1.82) is 0 Å². The van der Waals surface area contributed by atoms with E-state index in [1.54, 1.807) is 7.11 Å². The summed E-state index contributed by atoms with van der Waals surface area (Å²) in [7, 11) is 1.68. The first kappa shape index (κ1) is 22.1. The number of benzene rings is 2. The summed E-state index contributed by atoms with van der Waals surface area (Å²) in [5.74, 6) is 2.68. The molecule has 0 aliphatic carbocycles. The van der Waals surface area contributed by atoms with Gasteiger partial charge in [-0.15, -0.1) is 0 Å². The number of esters is 1. The highest BCUT2D eigenvalue weighted by molar-refractivity contribution is 5.87. The molecule has 0 saturated carbocycles. The molecule has 1 fully saturated rings. The highest BCUT2D eigenvalue weighted by atomic mass is 16.5. The first-order valence-corrected chi connectivity index (χ1v) is 11.4. The number of hydrogen-bond donors (Lipinski definition) is 0. The third kappa shape index (κ3) is 4.65. The van der Waals surface area contributed by atoms with E-state index in [1.165, 1.54) is 12.6 Å². The Morgan fingerprint density at radius 2 is 1.71 bits per heavy atom. The summed E-state index contributed by atoms with van der Waals surface area (Å²) in [5, 5.41) is 0.923. The predicted octanol–water partition coefficient (Wildman–Crippen LogP) is 5.09. The first-order chi connectivity index (χ1) is 16.6. The van der Waals surface area contributed by atoms with Crippen LogP contribution in [0.2, 0.25) is 0 Å². The fourth-order valence-electron chi connectivity index (χ4n) is 4.38. The Morgan fingerprint density at radius 3 is 2.44 bits per heavy atom. The van der Waals surface area contributed by atoms with Gasteiger partial charge in [0.2, 0.25) is 0 Å². The maximum atomic E-state index is 11.4. The second kappa shape index (κ2) is 9.65. The average molecular weight is 461 g/mol. The lowest BCUT2D eigenvalue weighted by Crippen LogP contribution is -2.45. The number of hydrogen-bond acceptors (Lipinski definition) is 7. The summed E-state index contributed by atoms with van der Waals surface area (Å²) in [5.41, 5.74) is 2.78. The smallest absolute Gasteiger partial charge is 0.302 e. The fourth-order valence-corrected chi connectivity index (χ4v) is 4.38. The van der Waals surface area contributed by atoms with Crippen molar-refractivity contribution in [2.45, 2.75) is 20.1 Å². The highest BCUT2D eigenvalue weighted by Crippen LogP contribution is 2.35. The number of para-hydroxylation sites is 1. The number of carbonyl (C=O) groups is 1. The predicted molar refractivity (Wildman–Crippen MR) is 130 cm³/mol. The van der Waals surface area contributed by atoms with Gasteiger partial charge in [-0.2, -0.15) is 0 Å². The number of anilines is 1. The Bertz CT molecular complexity index is 1270. The van der Waals surface area contributed by atoms with Crippen molar-refractivity contribution < 1.29 is 23.1 Å². The number of piperazine rings is 1. The van der Waals surface area contributed by atoms with Crippen LogP contribution in [0.3, 0.4) is 0 Å². The molecule has 4 aromatic rings. The molecule has 176 valence electrons. The monoisotopic (exact) mass is 460 g/mol. The Kier molecular flexibility index (Phi) is 6.27. The third-order valence-electron chi connectivity index (χ3n) is 6.19. The van der Waals surface area contributed by atoms with E-state index in [0.29, 0.717) is 11.5 Å². The zero-order valence-corrected chi connectivity index (χ0v) is 19.5. The Balaban J connectivity index is 1.26. The Labute approximate surface area is 198 Å². The third-order valence-corrected chi connectivity index (χ3v) is 6.19. The molecule has 2 aromatic carbocycles. The summed E-state index contributed by atoms with van der Waals surface area (Å²) in [6.07, 6.45) is 0. The summed E-state index contributed by atoms with van der Waals surface area (Å²) >= 11 is 0. The Morgan fingerprint density at radius 1 is 0.941 bits per heavy atom. The molecule has 0 spiro atoms. The van der Waals surface area contributed by atoms with Crippen molar-refractivity contribution >= 4 is 22.6 Å². The van der Waals surface area contributed by atoms with Crippen LogP contribution in [0.4, 0.5) is 5.69 Å². The van der Waals surface area contributed by atoms with E-state index in [9.17, 15) is 4.79 Å². The number of carbonyl (C=O) groups excluding carboxylic acids is 1. The highest BCUT2D eigenvalue weighted by Gasteiger charge is 2.22. The van der Waals surface area contributed by atoms with Crippen molar-refractivity contribution in [1.82, 2.24) is 4.90 Å². The molecular formula is C27H28N2O5. The summed E-state index contributed by atoms with van der Waals surface area (Å²) in [6.45, 7) is 6.09. The van der Waals surface area contributed by atoms with E-state index in [4.69, 9.17) is 18.3 Å². The summed E-state index contributed by atoms with van der Waals surface area (Å²) in [6, 6.07) is 19.9. The standard InChI is InChI=1S/C27H28N2O5/c1-19(30)32-18-24-23-5-3-4-6-25(23)34-27(24)26-12-11-22(33-26)17-28-13-15-29(16-14-28)20-7-9-21(31-2)10-8-20/h3-12H,13-18H2,1-2H3. The Hall–Kier alpha value is -3.71. The van der Waals surface area contributed by atoms with Gasteiger partial charge in [-0.3, -0.25) is 9.69 Å². The minimum atomic E-state index is -0.329. The molecule has 0 bridgehead atoms. The number of furan rings is 2. The van der Waals surface area contributed by atoms with Gasteiger partial charge in [-0.1, -0.05) is 18.2 Å². The number of rotatable bonds is 7. The number of ether oxygens (including phenoxy) is 2. The van der Waals surface area contributed by atoms with Gasteiger partial charge in [0.1, 0.15) is 23.7 Å². The van der Waals surface area contributed by atoms with Crippen LogP contribution in [0.5, 0.6) is 5.75 Å². The van der Waals surface area contributed by atoms with Gasteiger partial charge in [-0.25, -0.2) is 0 Å². The van der Waals surface area contributed by atoms with E-state index in [2.05, 4.69) is 21.9 Å². The van der Waals surface area contributed by atoms with Crippen LogP contribution in [0.15, 0.2) is 69.5 Å². The molecule has 7 nitrogen and oxygen atoms in total. The number of nitrogens with zero attached hydrogens (tertiary/aromatic N) is 2. The van der Waals surface area contributed by atoms with Crippen LogP contribution in [0, 0.1) is 0 Å². The quantitative estimate of drug-likeness (QED) is 0.356. The average Bonchev–Trinajstić information content (AvgIpc) is 3.47. The van der Waals surface area contributed by atoms with Crippen molar-refractivity contribution in [2.24, 2.45) is 0 Å². The second-order valence-electron chi connectivity index (χ2n) is 8.41. The molecule has 5 rings (SSSR count). The minimum Gasteiger partial charge on any atom is -0.497 e. The zero-order valence-electron chi connectivity index (χ0n) is 19.5. The SMILES string of the molecule is COc1ccc(N2CCN(Cc3ccc(-c4oc5ccccc5c4COC(C)=O)o3)CC2)cc1. The molecule has 0 atom stereocenters. The largest absolute Gasteiger partial charge is 0.497 e. The summed E-state index contributed by atoms with van der Waals surface area (Å²) in [4.78, 5) is 16.2. The fraction of sp³-hybridized carbons (Fsp3) is 0.296. The molecule has 1 saturated heterocycles. The van der Waals surface area contributed by atoms with Gasteiger partial charge in [0, 0.05) is 49.7 Å². The van der Waals surface area contributed by atoms with E-state index >= 15 is 0 Å². The molecule has 34 heavy (non-hydrogen) atoms. The molecular weight excluding hydrogens is 432 g/mol. The zero-order chi connectivity index (χ0) is 23.5. The van der Waals surface area contributed by atoms with Crippen LogP contribution >= 0.6 is 0 Å². The normalized spacial score (nSPS) is 14.5. The molecule has 2 aromatic heterocycles. The minimum absolute atomic E-state index is 0.144. The van der Waals surface area contributed by atoms with Gasteiger partial charge in [-0.05, 0) is 42.5 Å². The van der Waals surface area contributed by atoms with Crippen LogP contribution < -0.4 is 9.64 Å². The molecule has 0 amide bonds. The van der Waals surface area contributed by atoms with Gasteiger partial charge in [0.25, 0.3) is 0 Å². The van der Waals surface area contributed by atoms with Crippen molar-refractivity contribution in [3.63, 3.8) is 0 Å². The topological polar surface area (TPSA) is 68.3 Å². The second-order valence-corrected chi connectivity index (χ2v) is 8.41. The maximum Gasteiger partial charge on any atom is 0.302 e. The van der Waals surface area contributed by atoms with Crippen molar-refractivity contribution in [3.05, 3.63) is 72.0 Å². The van der Waals surface area contributed by atoms with E-state index < -0.39 is 0 Å². The molecule has 0 unspecified atom stereocenters. The van der Waals surface area contributed by atoms with Crippen LogP contribution in [-0.2, 0) is 22.7 Å². The van der Waals surface area contributed by atoms with Gasteiger partial charge < -0.3 is 23.2 Å². The van der Waals surface area contributed by atoms with E-state index in [1.807, 2.05) is 48.5 Å². The van der Waals surface area contributed by atoms with Crippen molar-refractivity contribution in [3.8, 4) is 17.3 Å². The lowest BCUT2D eigenvalue weighted by Gasteiger charge is -2.35. The van der Waals surface area contributed by atoms with Gasteiger partial charge in [0.05, 0.1) is 13.7 Å². The van der Waals surface area contributed by atoms with Gasteiger partial charge >= 0.3 is 5.97 Å². The molecule has 0 radical (unpaired) electrons. The lowest BCUT2D eigenvalue weighted by atomic mass is 10.1. The lowest BCUT2D eigenvalue weighted by molar-refractivity contribution is -0.142. The molecule has 3 heterocycles. The van der Waals surface area contributed by atoms with Gasteiger partial charge in [0.15, 0.2) is 11.5 Å². The first-order valence-electron chi connectivity index (χ1n) is 11.4. The molecule has 1 aliphatic heterocycles. The van der Waals surface area contributed by atoms with Crippen LogP contribution in [-0.4, -0.2) is 44.2 Å². The van der Waals surface area contributed by atoms with E-state index in [-0.39, 0.29) is 12.6 Å². The van der Waals surface area contributed by atoms with Crippen LogP contribution in [0.1, 0.15) is 18.2 Å². The molecule has 7 heteroatoms. The maximum absolute atomic E-state index is 11.4.